The average Bonchev–Trinajstić information content (AvgIpc) is 2.39. The maximum absolute atomic E-state index is 13.6. The van der Waals surface area contributed by atoms with Crippen LogP contribution in [0.4, 0.5) is 8.78 Å². The first-order valence-corrected chi connectivity index (χ1v) is 7.08. The standard InChI is InChI=1S/C13H11F2NO2S/c1-9(13-10(14)5-4-6-11(13)15)19(17,18)12-7-2-3-8-16-12/h2-9H,1H3. The molecule has 0 saturated carbocycles. The van der Waals surface area contributed by atoms with Crippen LogP contribution in [0, 0.1) is 11.6 Å². The van der Waals surface area contributed by atoms with Crippen molar-refractivity contribution in [2.24, 2.45) is 0 Å². The number of hydrogen-bond acceptors (Lipinski definition) is 3. The Morgan fingerprint density at radius 2 is 1.68 bits per heavy atom. The lowest BCUT2D eigenvalue weighted by molar-refractivity contribution is 0.540. The van der Waals surface area contributed by atoms with E-state index in [2.05, 4.69) is 4.98 Å². The van der Waals surface area contributed by atoms with Gasteiger partial charge in [-0.3, -0.25) is 0 Å². The van der Waals surface area contributed by atoms with Crippen LogP contribution in [0.15, 0.2) is 47.6 Å². The van der Waals surface area contributed by atoms with Gasteiger partial charge in [0.15, 0.2) is 5.03 Å². The second-order valence-corrected chi connectivity index (χ2v) is 6.21. The molecule has 0 amide bonds. The fraction of sp³-hybridized carbons (Fsp3) is 0.154. The van der Waals surface area contributed by atoms with Crippen molar-refractivity contribution >= 4 is 9.84 Å². The van der Waals surface area contributed by atoms with Gasteiger partial charge in [-0.1, -0.05) is 12.1 Å². The largest absolute Gasteiger partial charge is 0.245 e. The van der Waals surface area contributed by atoms with Gasteiger partial charge in [0.25, 0.3) is 0 Å². The van der Waals surface area contributed by atoms with Gasteiger partial charge in [0, 0.05) is 11.8 Å². The number of hydrogen-bond donors (Lipinski definition) is 0. The minimum Gasteiger partial charge on any atom is -0.245 e. The Morgan fingerprint density at radius 3 is 2.21 bits per heavy atom. The van der Waals surface area contributed by atoms with Crippen LogP contribution in [0.2, 0.25) is 0 Å². The van der Waals surface area contributed by atoms with Gasteiger partial charge < -0.3 is 0 Å². The van der Waals surface area contributed by atoms with E-state index < -0.39 is 32.3 Å². The van der Waals surface area contributed by atoms with Crippen molar-refractivity contribution in [1.29, 1.82) is 0 Å². The molecule has 1 atom stereocenters. The molecule has 1 heterocycles. The van der Waals surface area contributed by atoms with Crippen molar-refractivity contribution < 1.29 is 17.2 Å². The van der Waals surface area contributed by atoms with Crippen LogP contribution in [-0.2, 0) is 9.84 Å². The Bertz CT molecular complexity index is 667. The Morgan fingerprint density at radius 1 is 1.05 bits per heavy atom. The van der Waals surface area contributed by atoms with Gasteiger partial charge in [0.1, 0.15) is 11.6 Å². The van der Waals surface area contributed by atoms with E-state index in [9.17, 15) is 17.2 Å². The molecule has 0 aliphatic rings. The van der Waals surface area contributed by atoms with Crippen molar-refractivity contribution in [2.75, 3.05) is 0 Å². The Hall–Kier alpha value is -1.82. The molecular formula is C13H11F2NO2S. The summed E-state index contributed by atoms with van der Waals surface area (Å²) in [5, 5.41) is -1.55. The molecule has 100 valence electrons. The zero-order chi connectivity index (χ0) is 14.0. The third kappa shape index (κ3) is 2.49. The number of halogens is 2. The average molecular weight is 283 g/mol. The minimum absolute atomic E-state index is 0.204. The molecule has 2 aromatic rings. The molecule has 2 rings (SSSR count). The maximum Gasteiger partial charge on any atom is 0.202 e. The molecule has 0 saturated heterocycles. The first-order chi connectivity index (χ1) is 8.94. The van der Waals surface area contributed by atoms with Crippen LogP contribution in [0.5, 0.6) is 0 Å². The van der Waals surface area contributed by atoms with Crippen LogP contribution < -0.4 is 0 Å². The number of benzene rings is 1. The Kier molecular flexibility index (Phi) is 3.61. The number of sulfone groups is 1. The molecule has 1 aromatic carbocycles. The molecule has 0 N–H and O–H groups in total. The molecule has 3 nitrogen and oxygen atoms in total. The second kappa shape index (κ2) is 5.05. The third-order valence-electron chi connectivity index (χ3n) is 2.80. The zero-order valence-corrected chi connectivity index (χ0v) is 10.9. The highest BCUT2D eigenvalue weighted by molar-refractivity contribution is 7.91. The quantitative estimate of drug-likeness (QED) is 0.870. The number of nitrogens with zero attached hydrogens (tertiary/aromatic N) is 1. The van der Waals surface area contributed by atoms with Gasteiger partial charge in [0.2, 0.25) is 9.84 Å². The van der Waals surface area contributed by atoms with Crippen LogP contribution >= 0.6 is 0 Å². The number of rotatable bonds is 3. The summed E-state index contributed by atoms with van der Waals surface area (Å²) in [5.74, 6) is -1.76. The van der Waals surface area contributed by atoms with Crippen molar-refractivity contribution in [3.05, 3.63) is 59.8 Å². The molecule has 1 unspecified atom stereocenters. The monoisotopic (exact) mass is 283 g/mol. The fourth-order valence-corrected chi connectivity index (χ4v) is 3.12. The van der Waals surface area contributed by atoms with E-state index in [1.165, 1.54) is 31.3 Å². The summed E-state index contributed by atoms with van der Waals surface area (Å²) in [6.07, 6.45) is 1.32. The van der Waals surface area contributed by atoms with E-state index >= 15 is 0 Å². The minimum atomic E-state index is -3.93. The van der Waals surface area contributed by atoms with E-state index in [1.807, 2.05) is 0 Å². The lowest BCUT2D eigenvalue weighted by atomic mass is 10.1. The summed E-state index contributed by atoms with van der Waals surface area (Å²) in [6.45, 7) is 1.24. The smallest absolute Gasteiger partial charge is 0.202 e. The van der Waals surface area contributed by atoms with E-state index in [1.54, 1.807) is 6.07 Å². The molecule has 0 fully saturated rings. The lowest BCUT2D eigenvalue weighted by Crippen LogP contribution is -2.15. The first-order valence-electron chi connectivity index (χ1n) is 5.53. The van der Waals surface area contributed by atoms with Crippen LogP contribution in [-0.4, -0.2) is 13.4 Å². The fourth-order valence-electron chi connectivity index (χ4n) is 1.75. The summed E-state index contributed by atoms with van der Waals surface area (Å²) in [6, 6.07) is 7.61. The SMILES string of the molecule is CC(c1c(F)cccc1F)S(=O)(=O)c1ccccn1. The molecule has 19 heavy (non-hydrogen) atoms. The highest BCUT2D eigenvalue weighted by Crippen LogP contribution is 2.30. The van der Waals surface area contributed by atoms with Crippen LogP contribution in [0.1, 0.15) is 17.7 Å². The van der Waals surface area contributed by atoms with Gasteiger partial charge in [0.05, 0.1) is 5.25 Å². The Balaban J connectivity index is 2.53. The normalized spacial score (nSPS) is 13.2. The highest BCUT2D eigenvalue weighted by atomic mass is 32.2. The molecule has 6 heteroatoms. The third-order valence-corrected chi connectivity index (χ3v) is 4.79. The topological polar surface area (TPSA) is 47.0 Å². The summed E-state index contributed by atoms with van der Waals surface area (Å²) >= 11 is 0. The molecule has 1 aromatic heterocycles. The molecule has 0 aliphatic carbocycles. The van der Waals surface area contributed by atoms with E-state index in [4.69, 9.17) is 0 Å². The Labute approximate surface area is 109 Å². The molecule has 0 spiro atoms. The predicted octanol–water partition coefficient (Wildman–Crippen LogP) is 2.89. The number of pyridine rings is 1. The molecule has 0 aliphatic heterocycles. The highest BCUT2D eigenvalue weighted by Gasteiger charge is 2.30. The summed E-state index contributed by atoms with van der Waals surface area (Å²) in [4.78, 5) is 3.72. The summed E-state index contributed by atoms with van der Waals surface area (Å²) < 4.78 is 51.7. The number of aromatic nitrogens is 1. The summed E-state index contributed by atoms with van der Waals surface area (Å²) in [7, 11) is -3.93. The van der Waals surface area contributed by atoms with Gasteiger partial charge in [-0.25, -0.2) is 22.2 Å². The van der Waals surface area contributed by atoms with Crippen molar-refractivity contribution in [3.63, 3.8) is 0 Å². The molecular weight excluding hydrogens is 272 g/mol. The lowest BCUT2D eigenvalue weighted by Gasteiger charge is -2.14. The van der Waals surface area contributed by atoms with E-state index in [0.717, 1.165) is 12.1 Å². The molecule has 0 radical (unpaired) electrons. The first kappa shape index (κ1) is 13.6. The second-order valence-electron chi connectivity index (χ2n) is 3.99. The van der Waals surface area contributed by atoms with E-state index in [0.29, 0.717) is 0 Å². The van der Waals surface area contributed by atoms with Gasteiger partial charge >= 0.3 is 0 Å². The van der Waals surface area contributed by atoms with Crippen LogP contribution in [0.3, 0.4) is 0 Å². The van der Waals surface area contributed by atoms with Gasteiger partial charge in [-0.2, -0.15) is 0 Å². The van der Waals surface area contributed by atoms with Crippen molar-refractivity contribution in [3.8, 4) is 0 Å². The van der Waals surface area contributed by atoms with Gasteiger partial charge in [-0.15, -0.1) is 0 Å². The zero-order valence-electron chi connectivity index (χ0n) is 10.0. The van der Waals surface area contributed by atoms with Crippen LogP contribution in [0.25, 0.3) is 0 Å². The molecule has 0 bridgehead atoms. The predicted molar refractivity (Wildman–Crippen MR) is 66.2 cm³/mol. The van der Waals surface area contributed by atoms with Crippen molar-refractivity contribution in [2.45, 2.75) is 17.2 Å². The van der Waals surface area contributed by atoms with E-state index in [-0.39, 0.29) is 5.03 Å². The maximum atomic E-state index is 13.6. The van der Waals surface area contributed by atoms with Crippen molar-refractivity contribution in [1.82, 2.24) is 4.98 Å². The summed E-state index contributed by atoms with van der Waals surface area (Å²) in [5.41, 5.74) is -0.465. The van der Waals surface area contributed by atoms with Gasteiger partial charge in [-0.05, 0) is 31.2 Å².